The quantitative estimate of drug-likeness (QED) is 0.516. The number of rotatable bonds is 4. The Hall–Kier alpha value is -0.369. The first-order valence-electron chi connectivity index (χ1n) is 8.72. The molecule has 0 aliphatic heterocycles. The van der Waals surface area contributed by atoms with Gasteiger partial charge in [-0.3, -0.25) is 0 Å². The van der Waals surface area contributed by atoms with Crippen LogP contribution in [0.4, 0.5) is 0 Å². The molecule has 0 fully saturated rings. The Morgan fingerprint density at radius 2 is 1.48 bits per heavy atom. The monoisotopic (exact) mass is 361 g/mol. The number of benzene rings is 1. The van der Waals surface area contributed by atoms with E-state index in [1.807, 2.05) is 0 Å². The zero-order valence-corrected chi connectivity index (χ0v) is 19.0. The molecule has 2 rings (SSSR count). The van der Waals surface area contributed by atoms with Crippen LogP contribution in [0.15, 0.2) is 41.6 Å². The summed E-state index contributed by atoms with van der Waals surface area (Å²) in [5, 5.41) is 6.72. The van der Waals surface area contributed by atoms with E-state index in [9.17, 15) is 0 Å². The minimum absolute atomic E-state index is 0.153. The van der Waals surface area contributed by atoms with E-state index < -0.39 is 25.9 Å². The van der Waals surface area contributed by atoms with Crippen LogP contribution in [0, 0.1) is 13.8 Å². The van der Waals surface area contributed by atoms with Gasteiger partial charge in [-0.05, 0) is 0 Å². The van der Waals surface area contributed by atoms with E-state index in [-0.39, 0.29) is 9.13 Å². The first-order chi connectivity index (χ1) is 10.4. The van der Waals surface area contributed by atoms with Crippen LogP contribution in [0.1, 0.15) is 30.5 Å². The molecule has 2 heteroatoms. The van der Waals surface area contributed by atoms with Gasteiger partial charge in [-0.25, -0.2) is 0 Å². The molecule has 0 radical (unpaired) electrons. The number of hydrogen-bond acceptors (Lipinski definition) is 0. The van der Waals surface area contributed by atoms with Gasteiger partial charge in [0.25, 0.3) is 0 Å². The van der Waals surface area contributed by atoms with E-state index in [4.69, 9.17) is 0 Å². The van der Waals surface area contributed by atoms with E-state index in [0.717, 1.165) is 0 Å². The van der Waals surface area contributed by atoms with Crippen molar-refractivity contribution in [3.8, 4) is 0 Å². The van der Waals surface area contributed by atoms with Gasteiger partial charge < -0.3 is 0 Å². The van der Waals surface area contributed by atoms with Crippen molar-refractivity contribution in [2.75, 3.05) is 0 Å². The molecule has 0 saturated heterocycles. The molecule has 0 N–H and O–H groups in total. The summed E-state index contributed by atoms with van der Waals surface area (Å²) < 4.78 is 0.267. The zero-order chi connectivity index (χ0) is 17.6. The third-order valence-corrected chi connectivity index (χ3v) is 11.7. The Bertz CT molecular complexity index is 639. The summed E-state index contributed by atoms with van der Waals surface area (Å²) in [6, 6.07) is 7.10. The van der Waals surface area contributed by atoms with Crippen LogP contribution in [0.2, 0.25) is 33.8 Å². The predicted molar refractivity (Wildman–Crippen MR) is 104 cm³/mol. The Kier molecular flexibility index (Phi) is 5.09. The Morgan fingerprint density at radius 3 is 1.87 bits per heavy atom. The number of hydrogen-bond donors (Lipinski definition) is 0. The van der Waals surface area contributed by atoms with Crippen molar-refractivity contribution < 1.29 is 17.9 Å². The number of aryl methyl sites for hydroxylation is 2. The molecular weight excluding hydrogens is 328 g/mol. The van der Waals surface area contributed by atoms with Gasteiger partial charge in [-0.1, -0.05) is 0 Å². The summed E-state index contributed by atoms with van der Waals surface area (Å²) in [5.74, 6) is 0. The maximum absolute atomic E-state index is 2.69. The molecular formula is C21H33SiTi. The van der Waals surface area contributed by atoms with Crippen LogP contribution in [-0.2, 0) is 23.3 Å². The molecule has 125 valence electrons. The van der Waals surface area contributed by atoms with Gasteiger partial charge in [0.05, 0.1) is 0 Å². The molecule has 1 aliphatic rings. The molecule has 0 nitrogen and oxygen atoms in total. The van der Waals surface area contributed by atoms with Gasteiger partial charge in [0.2, 0.25) is 0 Å². The van der Waals surface area contributed by atoms with Gasteiger partial charge in [-0.2, -0.15) is 0 Å². The van der Waals surface area contributed by atoms with Crippen LogP contribution >= 0.6 is 0 Å². The summed E-state index contributed by atoms with van der Waals surface area (Å²) in [7, 11) is -1.26. The van der Waals surface area contributed by atoms with Crippen molar-refractivity contribution in [2.24, 2.45) is 0 Å². The standard InChI is InChI=1S/C19H27Si.2CH3.Ti/c1-14-10-15(2)12-17(11-14)19(3,4)16-8-9-18(13-16)20(5,6)7;;;/h8-13H,1-7H3;2*1H3;. The molecule has 1 aromatic carbocycles. The van der Waals surface area contributed by atoms with Gasteiger partial charge in [0.1, 0.15) is 0 Å². The van der Waals surface area contributed by atoms with E-state index >= 15 is 0 Å². The van der Waals surface area contributed by atoms with Crippen LogP contribution in [0.5, 0.6) is 0 Å². The molecule has 0 saturated carbocycles. The first-order valence-corrected chi connectivity index (χ1v) is 16.1. The van der Waals surface area contributed by atoms with E-state index in [0.29, 0.717) is 0 Å². The summed E-state index contributed by atoms with van der Waals surface area (Å²) in [5.41, 5.74) is 4.42. The molecule has 23 heavy (non-hydrogen) atoms. The third kappa shape index (κ3) is 3.38. The van der Waals surface area contributed by atoms with Crippen LogP contribution < -0.4 is 0 Å². The average molecular weight is 361 g/mol. The average Bonchev–Trinajstić information content (AvgIpc) is 2.84. The topological polar surface area (TPSA) is 0 Å². The van der Waals surface area contributed by atoms with Crippen molar-refractivity contribution in [1.82, 2.24) is 0 Å². The summed E-state index contributed by atoms with van der Waals surface area (Å²) in [6.45, 7) is 16.8. The summed E-state index contributed by atoms with van der Waals surface area (Å²) >= 11 is -1.24. The fraction of sp³-hybridized carbons (Fsp3) is 0.524. The van der Waals surface area contributed by atoms with E-state index in [1.165, 1.54) is 16.7 Å². The molecule has 1 unspecified atom stereocenters. The summed E-state index contributed by atoms with van der Waals surface area (Å²) in [4.78, 5) is 0. The molecule has 0 amide bonds. The van der Waals surface area contributed by atoms with Crippen molar-refractivity contribution >= 4 is 8.07 Å². The molecule has 0 heterocycles. The molecule has 1 aromatic rings. The predicted octanol–water partition coefficient (Wildman–Crippen LogP) is 6.83. The SMILES string of the molecule is Cc1cc(C)cc(C(C)(C)[C]2([Ti]([CH3])[CH3])C=CC([Si](C)(C)C)=C2)c1. The third-order valence-electron chi connectivity index (χ3n) is 5.58. The summed E-state index contributed by atoms with van der Waals surface area (Å²) in [6.07, 6.45) is 7.73. The van der Waals surface area contributed by atoms with Gasteiger partial charge in [-0.15, -0.1) is 0 Å². The Balaban J connectivity index is 2.63. The molecule has 0 aromatic heterocycles. The normalized spacial score (nSPS) is 21.5. The van der Waals surface area contributed by atoms with Crippen LogP contribution in [0.25, 0.3) is 0 Å². The minimum atomic E-state index is -1.26. The second kappa shape index (κ2) is 6.17. The molecule has 1 atom stereocenters. The van der Waals surface area contributed by atoms with Crippen molar-refractivity contribution in [1.29, 1.82) is 0 Å². The number of allylic oxidation sites excluding steroid dienone is 4. The van der Waals surface area contributed by atoms with Crippen molar-refractivity contribution in [2.45, 2.75) is 66.9 Å². The van der Waals surface area contributed by atoms with Crippen LogP contribution in [0.3, 0.4) is 0 Å². The van der Waals surface area contributed by atoms with E-state index in [1.54, 1.807) is 5.20 Å². The van der Waals surface area contributed by atoms with Gasteiger partial charge in [0, 0.05) is 0 Å². The fourth-order valence-corrected chi connectivity index (χ4v) is 8.92. The molecule has 1 aliphatic carbocycles. The zero-order valence-electron chi connectivity index (χ0n) is 16.5. The Labute approximate surface area is 150 Å². The van der Waals surface area contributed by atoms with E-state index in [2.05, 4.69) is 94.2 Å². The van der Waals surface area contributed by atoms with Gasteiger partial charge in [0.15, 0.2) is 0 Å². The van der Waals surface area contributed by atoms with Crippen molar-refractivity contribution in [3.63, 3.8) is 0 Å². The molecule has 0 bridgehead atoms. The first kappa shape index (κ1) is 19.0. The fourth-order valence-electron chi connectivity index (χ4n) is 3.93. The maximum atomic E-state index is 2.69. The van der Waals surface area contributed by atoms with Gasteiger partial charge >= 0.3 is 151 Å². The van der Waals surface area contributed by atoms with Crippen LogP contribution in [-0.4, -0.2) is 8.07 Å². The molecule has 0 spiro atoms. The van der Waals surface area contributed by atoms with Crippen molar-refractivity contribution in [3.05, 3.63) is 58.3 Å². The second-order valence-corrected chi connectivity index (χ2v) is 18.5. The second-order valence-electron chi connectivity index (χ2n) is 9.05. The Morgan fingerprint density at radius 1 is 0.957 bits per heavy atom.